The fourth-order valence-corrected chi connectivity index (χ4v) is 3.02. The Morgan fingerprint density at radius 3 is 3.11 bits per heavy atom. The van der Waals surface area contributed by atoms with Crippen molar-refractivity contribution in [3.63, 3.8) is 0 Å². The molecule has 1 N–H and O–H groups in total. The van der Waals surface area contributed by atoms with Gasteiger partial charge in [-0.15, -0.1) is 0 Å². The van der Waals surface area contributed by atoms with E-state index in [1.165, 1.54) is 24.8 Å². The molecule has 1 saturated heterocycles. The third-order valence-corrected chi connectivity index (χ3v) is 4.05. The Morgan fingerprint density at radius 1 is 1.32 bits per heavy atom. The normalized spacial score (nSPS) is 24.4. The average Bonchev–Trinajstić information content (AvgIpc) is 2.90. The van der Waals surface area contributed by atoms with Gasteiger partial charge in [0.1, 0.15) is 0 Å². The SMILES string of the molecule is CCCCCNC1c2ccccc2N=C2OCCC21. The molecule has 1 fully saturated rings. The number of nitrogens with zero attached hydrogens (tertiary/aromatic N) is 1. The standard InChI is InChI=1S/C16H22N2O/c1-2-3-6-10-17-15-12-7-4-5-8-14(12)18-16-13(15)9-11-19-16/h4-5,7-8,13,15,17H,2-3,6,9-11H2,1H3. The van der Waals surface area contributed by atoms with Gasteiger partial charge in [0, 0.05) is 6.04 Å². The first-order valence-corrected chi connectivity index (χ1v) is 7.44. The monoisotopic (exact) mass is 258 g/mol. The van der Waals surface area contributed by atoms with E-state index in [0.29, 0.717) is 12.0 Å². The summed E-state index contributed by atoms with van der Waals surface area (Å²) < 4.78 is 5.68. The minimum atomic E-state index is 0.378. The summed E-state index contributed by atoms with van der Waals surface area (Å²) in [6, 6.07) is 8.82. The largest absolute Gasteiger partial charge is 0.480 e. The first kappa shape index (κ1) is 12.7. The fraction of sp³-hybridized carbons (Fsp3) is 0.562. The van der Waals surface area contributed by atoms with Crippen LogP contribution >= 0.6 is 0 Å². The summed E-state index contributed by atoms with van der Waals surface area (Å²) in [4.78, 5) is 4.66. The van der Waals surface area contributed by atoms with E-state index in [1.54, 1.807) is 0 Å². The summed E-state index contributed by atoms with van der Waals surface area (Å²) in [6.07, 6.45) is 4.89. The number of rotatable bonds is 5. The molecule has 0 bridgehead atoms. The number of hydrogen-bond acceptors (Lipinski definition) is 3. The van der Waals surface area contributed by atoms with Crippen molar-refractivity contribution in [3.8, 4) is 0 Å². The predicted molar refractivity (Wildman–Crippen MR) is 77.9 cm³/mol. The highest BCUT2D eigenvalue weighted by Gasteiger charge is 2.37. The Kier molecular flexibility index (Phi) is 3.83. The van der Waals surface area contributed by atoms with E-state index in [-0.39, 0.29) is 0 Å². The average molecular weight is 258 g/mol. The van der Waals surface area contributed by atoms with Crippen molar-refractivity contribution in [3.05, 3.63) is 29.8 Å². The van der Waals surface area contributed by atoms with Gasteiger partial charge >= 0.3 is 0 Å². The molecular formula is C16H22N2O. The molecule has 2 aliphatic heterocycles. The first-order chi connectivity index (χ1) is 9.40. The maximum Gasteiger partial charge on any atom is 0.193 e. The van der Waals surface area contributed by atoms with E-state index in [1.807, 2.05) is 6.07 Å². The third kappa shape index (κ3) is 2.52. The number of nitrogens with one attached hydrogen (secondary N) is 1. The Labute approximate surface area is 115 Å². The van der Waals surface area contributed by atoms with Crippen molar-refractivity contribution >= 4 is 11.6 Å². The maximum atomic E-state index is 5.68. The van der Waals surface area contributed by atoms with Gasteiger partial charge in [0.25, 0.3) is 0 Å². The van der Waals surface area contributed by atoms with E-state index in [0.717, 1.165) is 31.2 Å². The van der Waals surface area contributed by atoms with Crippen LogP contribution in [0.15, 0.2) is 29.3 Å². The molecule has 2 atom stereocenters. The van der Waals surface area contributed by atoms with Gasteiger partial charge in [-0.3, -0.25) is 0 Å². The minimum Gasteiger partial charge on any atom is -0.480 e. The molecule has 2 heterocycles. The number of fused-ring (bicyclic) bond motifs is 2. The highest BCUT2D eigenvalue weighted by Crippen LogP contribution is 2.40. The van der Waals surface area contributed by atoms with Gasteiger partial charge in [-0.2, -0.15) is 0 Å². The number of aliphatic imine (C=N–C) groups is 1. The molecule has 102 valence electrons. The molecule has 0 aliphatic carbocycles. The molecular weight excluding hydrogens is 236 g/mol. The van der Waals surface area contributed by atoms with Gasteiger partial charge in [-0.05, 0) is 31.0 Å². The van der Waals surface area contributed by atoms with Crippen molar-refractivity contribution in [1.29, 1.82) is 0 Å². The summed E-state index contributed by atoms with van der Waals surface area (Å²) in [5, 5.41) is 3.72. The highest BCUT2D eigenvalue weighted by molar-refractivity contribution is 5.86. The van der Waals surface area contributed by atoms with Crippen molar-refractivity contribution < 1.29 is 4.74 Å². The van der Waals surface area contributed by atoms with Crippen LogP contribution in [0.2, 0.25) is 0 Å². The summed E-state index contributed by atoms with van der Waals surface area (Å²) in [6.45, 7) is 4.13. The lowest BCUT2D eigenvalue weighted by Crippen LogP contribution is -2.33. The fourth-order valence-electron chi connectivity index (χ4n) is 3.02. The highest BCUT2D eigenvalue weighted by atomic mass is 16.5. The van der Waals surface area contributed by atoms with E-state index < -0.39 is 0 Å². The zero-order valence-corrected chi connectivity index (χ0v) is 11.6. The van der Waals surface area contributed by atoms with E-state index >= 15 is 0 Å². The lowest BCUT2D eigenvalue weighted by atomic mass is 9.88. The Hall–Kier alpha value is -1.35. The quantitative estimate of drug-likeness (QED) is 0.819. The van der Waals surface area contributed by atoms with Crippen LogP contribution in [0, 0.1) is 5.92 Å². The van der Waals surface area contributed by atoms with Crippen molar-refractivity contribution in [2.75, 3.05) is 13.2 Å². The van der Waals surface area contributed by atoms with Crippen LogP contribution in [-0.4, -0.2) is 19.0 Å². The zero-order chi connectivity index (χ0) is 13.1. The lowest BCUT2D eigenvalue weighted by molar-refractivity contribution is 0.344. The molecule has 3 nitrogen and oxygen atoms in total. The predicted octanol–water partition coefficient (Wildman–Crippen LogP) is 3.59. The summed E-state index contributed by atoms with van der Waals surface area (Å²) in [5.74, 6) is 1.36. The number of hydrogen-bond donors (Lipinski definition) is 1. The third-order valence-electron chi connectivity index (χ3n) is 4.05. The Bertz CT molecular complexity index is 470. The second-order valence-corrected chi connectivity index (χ2v) is 5.39. The lowest BCUT2D eigenvalue weighted by Gasteiger charge is -2.29. The van der Waals surface area contributed by atoms with Crippen molar-refractivity contribution in [2.24, 2.45) is 10.9 Å². The van der Waals surface area contributed by atoms with E-state index in [9.17, 15) is 0 Å². The molecule has 2 unspecified atom stereocenters. The topological polar surface area (TPSA) is 33.6 Å². The number of para-hydroxylation sites is 1. The van der Waals surface area contributed by atoms with Crippen LogP contribution in [0.1, 0.15) is 44.2 Å². The smallest absolute Gasteiger partial charge is 0.193 e. The molecule has 2 aliphatic rings. The number of unbranched alkanes of at least 4 members (excludes halogenated alkanes) is 2. The maximum absolute atomic E-state index is 5.68. The van der Waals surface area contributed by atoms with Crippen molar-refractivity contribution in [2.45, 2.75) is 38.6 Å². The molecule has 3 heteroatoms. The van der Waals surface area contributed by atoms with Crippen LogP contribution < -0.4 is 5.32 Å². The molecule has 19 heavy (non-hydrogen) atoms. The summed E-state index contributed by atoms with van der Waals surface area (Å²) in [5.41, 5.74) is 2.40. The summed E-state index contributed by atoms with van der Waals surface area (Å²) in [7, 11) is 0. The molecule has 0 amide bonds. The number of benzene rings is 1. The molecule has 1 aromatic rings. The van der Waals surface area contributed by atoms with Gasteiger partial charge in [-0.1, -0.05) is 38.0 Å². The first-order valence-electron chi connectivity index (χ1n) is 7.44. The molecule has 0 saturated carbocycles. The van der Waals surface area contributed by atoms with Crippen LogP contribution in [0.5, 0.6) is 0 Å². The molecule has 3 rings (SSSR count). The summed E-state index contributed by atoms with van der Waals surface area (Å²) >= 11 is 0. The second-order valence-electron chi connectivity index (χ2n) is 5.39. The van der Waals surface area contributed by atoms with Gasteiger partial charge in [0.2, 0.25) is 0 Å². The van der Waals surface area contributed by atoms with Gasteiger partial charge in [0.15, 0.2) is 5.90 Å². The van der Waals surface area contributed by atoms with Crippen LogP contribution in [0.25, 0.3) is 0 Å². The van der Waals surface area contributed by atoms with Crippen LogP contribution in [-0.2, 0) is 4.74 Å². The Morgan fingerprint density at radius 2 is 2.21 bits per heavy atom. The van der Waals surface area contributed by atoms with Crippen molar-refractivity contribution in [1.82, 2.24) is 5.32 Å². The van der Waals surface area contributed by atoms with E-state index in [2.05, 4.69) is 35.4 Å². The number of ether oxygens (including phenoxy) is 1. The van der Waals surface area contributed by atoms with Crippen LogP contribution in [0.4, 0.5) is 5.69 Å². The molecule has 0 aromatic heterocycles. The van der Waals surface area contributed by atoms with Gasteiger partial charge in [-0.25, -0.2) is 4.99 Å². The van der Waals surface area contributed by atoms with Gasteiger partial charge in [0.05, 0.1) is 18.2 Å². The molecule has 0 spiro atoms. The van der Waals surface area contributed by atoms with Crippen LogP contribution in [0.3, 0.4) is 0 Å². The second kappa shape index (κ2) is 5.74. The zero-order valence-electron chi connectivity index (χ0n) is 11.6. The van der Waals surface area contributed by atoms with Gasteiger partial charge < -0.3 is 10.1 Å². The minimum absolute atomic E-state index is 0.378. The molecule has 0 radical (unpaired) electrons. The Balaban J connectivity index is 1.78. The van der Waals surface area contributed by atoms with E-state index in [4.69, 9.17) is 4.74 Å². The molecule has 1 aromatic carbocycles.